The van der Waals surface area contributed by atoms with Crippen LogP contribution in [0.2, 0.25) is 0 Å². The first-order chi connectivity index (χ1) is 16.9. The number of ether oxygens (including phenoxy) is 2. The molecule has 0 saturated heterocycles. The molecule has 0 atom stereocenters. The molecule has 176 valence electrons. The van der Waals surface area contributed by atoms with Crippen molar-refractivity contribution in [3.63, 3.8) is 0 Å². The Morgan fingerprint density at radius 3 is 2.03 bits per heavy atom. The summed E-state index contributed by atoms with van der Waals surface area (Å²) >= 11 is 6.38. The summed E-state index contributed by atoms with van der Waals surface area (Å²) < 4.78 is 17.1. The molecule has 4 rings (SSSR count). The lowest BCUT2D eigenvalue weighted by Crippen LogP contribution is -1.87. The van der Waals surface area contributed by atoms with Crippen LogP contribution >= 0.6 is 31.9 Å². The van der Waals surface area contributed by atoms with Crippen LogP contribution < -0.4 is 9.47 Å². The molecule has 0 unspecified atom stereocenters. The number of halogens is 2. The highest BCUT2D eigenvalue weighted by Gasteiger charge is 2.23. The van der Waals surface area contributed by atoms with Gasteiger partial charge in [0.15, 0.2) is 0 Å². The smallest absolute Gasteiger partial charge is 0.238 e. The number of aliphatic imine (C=N–C) groups is 1. The lowest BCUT2D eigenvalue weighted by atomic mass is 9.98. The van der Waals surface area contributed by atoms with E-state index in [1.54, 1.807) is 38.5 Å². The molecular weight excluding hydrogens is 580 g/mol. The summed E-state index contributed by atoms with van der Waals surface area (Å²) in [4.78, 5) is 4.37. The Bertz CT molecular complexity index is 1450. The van der Waals surface area contributed by atoms with Gasteiger partial charge in [-0.2, -0.15) is 5.26 Å². The van der Waals surface area contributed by atoms with Gasteiger partial charge in [-0.15, -0.1) is 0 Å². The van der Waals surface area contributed by atoms with Gasteiger partial charge in [-0.05, 0) is 79.9 Å². The Balaban J connectivity index is 1.89. The molecule has 0 bridgehead atoms. The summed E-state index contributed by atoms with van der Waals surface area (Å²) in [5.74, 6) is 1.55. The summed E-state index contributed by atoms with van der Waals surface area (Å²) in [5.41, 5.74) is 2.58. The maximum absolute atomic E-state index is 10.4. The Hall–Kier alpha value is -3.74. The maximum Gasteiger partial charge on any atom is 0.238 e. The highest BCUT2D eigenvalue weighted by atomic mass is 79.9. The first-order valence-corrected chi connectivity index (χ1v) is 11.8. The van der Waals surface area contributed by atoms with E-state index in [-0.39, 0.29) is 27.4 Å². The van der Waals surface area contributed by atoms with Crippen LogP contribution in [0.15, 0.2) is 73.0 Å². The van der Waals surface area contributed by atoms with Gasteiger partial charge >= 0.3 is 0 Å². The van der Waals surface area contributed by atoms with Crippen molar-refractivity contribution in [3.05, 3.63) is 74.7 Å². The number of benzene rings is 3. The second kappa shape index (κ2) is 10.3. The number of rotatable bonds is 6. The summed E-state index contributed by atoms with van der Waals surface area (Å²) in [6.45, 7) is 0. The van der Waals surface area contributed by atoms with E-state index >= 15 is 0 Å². The number of nitrogens with zero attached hydrogens (tertiary/aromatic N) is 2. The van der Waals surface area contributed by atoms with Gasteiger partial charge in [0.05, 0.1) is 18.7 Å². The molecule has 0 saturated carbocycles. The van der Waals surface area contributed by atoms with Crippen molar-refractivity contribution >= 4 is 44.0 Å². The second-order valence-corrected chi connectivity index (χ2v) is 8.92. The number of methoxy groups -OCH3 is 2. The van der Waals surface area contributed by atoms with Crippen LogP contribution in [0.5, 0.6) is 23.0 Å². The van der Waals surface area contributed by atoms with Crippen LogP contribution in [-0.2, 0) is 0 Å². The monoisotopic (exact) mass is 596 g/mol. The van der Waals surface area contributed by atoms with E-state index in [1.165, 1.54) is 12.3 Å². The molecule has 0 aliphatic carbocycles. The fourth-order valence-electron chi connectivity index (χ4n) is 3.44. The van der Waals surface area contributed by atoms with Gasteiger partial charge in [0, 0.05) is 22.9 Å². The van der Waals surface area contributed by atoms with Gasteiger partial charge in [0.25, 0.3) is 0 Å². The molecule has 1 aromatic heterocycles. The van der Waals surface area contributed by atoms with Gasteiger partial charge < -0.3 is 24.1 Å². The van der Waals surface area contributed by atoms with Gasteiger partial charge in [-0.1, -0.05) is 12.1 Å². The minimum Gasteiger partial charge on any atom is -0.506 e. The van der Waals surface area contributed by atoms with E-state index in [0.29, 0.717) is 32.9 Å². The minimum absolute atomic E-state index is 0.0730. The molecule has 0 aliphatic rings. The Labute approximate surface area is 218 Å². The number of hydrogen-bond donors (Lipinski definition) is 2. The van der Waals surface area contributed by atoms with E-state index in [2.05, 4.69) is 42.9 Å². The van der Waals surface area contributed by atoms with Crippen LogP contribution in [0.25, 0.3) is 22.5 Å². The molecule has 4 aromatic rings. The summed E-state index contributed by atoms with van der Waals surface area (Å²) in [6, 6.07) is 18.2. The van der Waals surface area contributed by atoms with Gasteiger partial charge in [0.2, 0.25) is 5.88 Å². The zero-order valence-corrected chi connectivity index (χ0v) is 21.7. The van der Waals surface area contributed by atoms with Crippen molar-refractivity contribution < 1.29 is 24.1 Å². The van der Waals surface area contributed by atoms with E-state index in [1.807, 2.05) is 24.3 Å². The summed E-state index contributed by atoms with van der Waals surface area (Å²) in [5, 5.41) is 30.4. The van der Waals surface area contributed by atoms with Gasteiger partial charge in [0.1, 0.15) is 44.9 Å². The molecule has 0 aliphatic heterocycles. The van der Waals surface area contributed by atoms with Crippen LogP contribution in [-0.4, -0.2) is 30.6 Å². The fourth-order valence-corrected chi connectivity index (χ4v) is 4.59. The normalized spacial score (nSPS) is 10.9. The molecule has 35 heavy (non-hydrogen) atoms. The third-order valence-electron chi connectivity index (χ3n) is 5.25. The van der Waals surface area contributed by atoms with Crippen molar-refractivity contribution in [3.8, 4) is 51.5 Å². The highest BCUT2D eigenvalue weighted by Crippen LogP contribution is 2.44. The third kappa shape index (κ3) is 4.76. The highest BCUT2D eigenvalue weighted by molar-refractivity contribution is 9.11. The van der Waals surface area contributed by atoms with E-state index in [4.69, 9.17) is 13.9 Å². The number of nitriles is 1. The lowest BCUT2D eigenvalue weighted by molar-refractivity contribution is 0.414. The third-order valence-corrected chi connectivity index (χ3v) is 6.61. The van der Waals surface area contributed by atoms with Gasteiger partial charge in [-0.25, -0.2) is 4.99 Å². The molecule has 0 spiro atoms. The van der Waals surface area contributed by atoms with Crippen LogP contribution in [0, 0.1) is 11.3 Å². The molecule has 9 heteroatoms. The molecule has 3 aromatic carbocycles. The number of aromatic hydroxyl groups is 2. The predicted molar refractivity (Wildman–Crippen MR) is 140 cm³/mol. The number of phenolic OH excluding ortho intramolecular Hbond substituents is 2. The Morgan fingerprint density at radius 1 is 0.914 bits per heavy atom. The standard InChI is InChI=1S/C26H18Br2N2O5/c1-33-17-7-3-14(4-8-17)21-19(12-29)26(35-25(21)15-5-9-18(34-2)10-6-15)30-13-16-11-20(27)24(32)22(28)23(16)31/h3-11,13,31-32H,1-2H3. The molecule has 0 fully saturated rings. The van der Waals surface area contributed by atoms with Crippen molar-refractivity contribution in [1.82, 2.24) is 0 Å². The van der Waals surface area contributed by atoms with Crippen LogP contribution in [0.1, 0.15) is 11.1 Å². The predicted octanol–water partition coefficient (Wildman–Crippen LogP) is 7.19. The van der Waals surface area contributed by atoms with E-state index in [0.717, 1.165) is 11.1 Å². The quantitative estimate of drug-likeness (QED) is 0.228. The molecule has 0 radical (unpaired) electrons. The van der Waals surface area contributed by atoms with Crippen molar-refractivity contribution in [1.29, 1.82) is 5.26 Å². The zero-order chi connectivity index (χ0) is 25.1. The molecule has 7 nitrogen and oxygen atoms in total. The number of phenols is 2. The number of hydrogen-bond acceptors (Lipinski definition) is 7. The SMILES string of the molecule is COc1ccc(-c2oc(N=Cc3cc(Br)c(O)c(Br)c3O)c(C#N)c2-c2ccc(OC)cc2)cc1. The molecule has 1 heterocycles. The Kier molecular flexibility index (Phi) is 7.15. The first kappa shape index (κ1) is 24.4. The fraction of sp³-hybridized carbons (Fsp3) is 0.0769. The zero-order valence-electron chi connectivity index (χ0n) is 18.5. The van der Waals surface area contributed by atoms with E-state index in [9.17, 15) is 15.5 Å². The average molecular weight is 598 g/mol. The molecule has 0 amide bonds. The largest absolute Gasteiger partial charge is 0.506 e. The van der Waals surface area contributed by atoms with E-state index < -0.39 is 0 Å². The van der Waals surface area contributed by atoms with Crippen molar-refractivity contribution in [2.24, 2.45) is 4.99 Å². The summed E-state index contributed by atoms with van der Waals surface area (Å²) in [6.07, 6.45) is 1.36. The average Bonchev–Trinajstić information content (AvgIpc) is 3.27. The molecule has 2 N–H and O–H groups in total. The minimum atomic E-state index is -0.203. The topological polar surface area (TPSA) is 108 Å². The Morgan fingerprint density at radius 2 is 1.49 bits per heavy atom. The number of furan rings is 1. The van der Waals surface area contributed by atoms with Crippen LogP contribution in [0.3, 0.4) is 0 Å². The lowest BCUT2D eigenvalue weighted by Gasteiger charge is -2.06. The van der Waals surface area contributed by atoms with Crippen LogP contribution in [0.4, 0.5) is 5.88 Å². The first-order valence-electron chi connectivity index (χ1n) is 10.2. The summed E-state index contributed by atoms with van der Waals surface area (Å²) in [7, 11) is 3.17. The van der Waals surface area contributed by atoms with Gasteiger partial charge in [-0.3, -0.25) is 0 Å². The maximum atomic E-state index is 10.4. The van der Waals surface area contributed by atoms with Crippen molar-refractivity contribution in [2.75, 3.05) is 14.2 Å². The van der Waals surface area contributed by atoms with Crippen molar-refractivity contribution in [2.45, 2.75) is 0 Å². The molecular formula is C26H18Br2N2O5. The second-order valence-electron chi connectivity index (χ2n) is 7.27.